The summed E-state index contributed by atoms with van der Waals surface area (Å²) in [7, 11) is 0. The van der Waals surface area contributed by atoms with E-state index in [0.717, 1.165) is 44.2 Å². The van der Waals surface area contributed by atoms with Crippen LogP contribution in [0.2, 0.25) is 5.02 Å². The summed E-state index contributed by atoms with van der Waals surface area (Å²) in [5.74, 6) is 0. The first-order valence-electron chi connectivity index (χ1n) is 6.70. The molecule has 4 heteroatoms. The zero-order chi connectivity index (χ0) is 13.0. The first-order chi connectivity index (χ1) is 8.74. The monoisotopic (exact) mass is 267 g/mol. The molecule has 1 saturated heterocycles. The zero-order valence-corrected chi connectivity index (χ0v) is 11.8. The fraction of sp³-hybridized carbons (Fsp3) is 0.571. The van der Waals surface area contributed by atoms with Crippen molar-refractivity contribution in [1.29, 1.82) is 0 Å². The first-order valence-corrected chi connectivity index (χ1v) is 7.08. The summed E-state index contributed by atoms with van der Waals surface area (Å²) < 4.78 is 0. The van der Waals surface area contributed by atoms with Crippen LogP contribution in [0.5, 0.6) is 0 Å². The Morgan fingerprint density at radius 3 is 2.56 bits per heavy atom. The lowest BCUT2D eigenvalue weighted by Crippen LogP contribution is -2.46. The molecule has 2 rings (SSSR count). The number of hydrogen-bond donors (Lipinski definition) is 1. The van der Waals surface area contributed by atoms with E-state index in [4.69, 9.17) is 17.3 Å². The summed E-state index contributed by atoms with van der Waals surface area (Å²) >= 11 is 6.07. The SMILES string of the molecule is CCN1CCN(c2ccc(Cl)cc2CCN)CC1. The largest absolute Gasteiger partial charge is 0.369 e. The quantitative estimate of drug-likeness (QED) is 0.906. The van der Waals surface area contributed by atoms with Gasteiger partial charge in [-0.3, -0.25) is 0 Å². The highest BCUT2D eigenvalue weighted by Crippen LogP contribution is 2.25. The number of piperazine rings is 1. The number of anilines is 1. The third-order valence-electron chi connectivity index (χ3n) is 3.62. The molecular formula is C14H22ClN3. The molecule has 0 aliphatic carbocycles. The average Bonchev–Trinajstić information content (AvgIpc) is 2.40. The second-order valence-corrected chi connectivity index (χ2v) is 5.17. The Morgan fingerprint density at radius 1 is 1.22 bits per heavy atom. The predicted molar refractivity (Wildman–Crippen MR) is 78.5 cm³/mol. The molecule has 0 radical (unpaired) electrons. The minimum atomic E-state index is 0.669. The van der Waals surface area contributed by atoms with E-state index in [-0.39, 0.29) is 0 Å². The lowest BCUT2D eigenvalue weighted by atomic mass is 10.1. The molecule has 18 heavy (non-hydrogen) atoms. The third kappa shape index (κ3) is 3.16. The molecule has 0 aromatic heterocycles. The highest BCUT2D eigenvalue weighted by molar-refractivity contribution is 6.30. The fourth-order valence-electron chi connectivity index (χ4n) is 2.52. The second-order valence-electron chi connectivity index (χ2n) is 4.73. The van der Waals surface area contributed by atoms with Gasteiger partial charge in [-0.05, 0) is 43.3 Å². The standard InChI is InChI=1S/C14H22ClN3/c1-2-17-7-9-18(10-8-17)14-4-3-13(15)11-12(14)5-6-16/h3-4,11H,2,5-10,16H2,1H3. The Morgan fingerprint density at radius 2 is 1.94 bits per heavy atom. The van der Waals surface area contributed by atoms with Crippen LogP contribution in [-0.2, 0) is 6.42 Å². The van der Waals surface area contributed by atoms with E-state index in [1.54, 1.807) is 0 Å². The molecule has 0 atom stereocenters. The maximum Gasteiger partial charge on any atom is 0.0410 e. The maximum absolute atomic E-state index is 6.07. The van der Waals surface area contributed by atoms with Crippen molar-refractivity contribution in [2.75, 3.05) is 44.2 Å². The third-order valence-corrected chi connectivity index (χ3v) is 3.85. The Bertz CT molecular complexity index is 387. The lowest BCUT2D eigenvalue weighted by molar-refractivity contribution is 0.271. The van der Waals surface area contributed by atoms with Gasteiger partial charge in [0.05, 0.1) is 0 Å². The number of nitrogens with two attached hydrogens (primary N) is 1. The van der Waals surface area contributed by atoms with Crippen molar-refractivity contribution in [1.82, 2.24) is 4.90 Å². The Labute approximate surface area is 115 Å². The minimum Gasteiger partial charge on any atom is -0.369 e. The number of benzene rings is 1. The number of likely N-dealkylation sites (N-methyl/N-ethyl adjacent to an activating group) is 1. The molecule has 100 valence electrons. The van der Waals surface area contributed by atoms with Gasteiger partial charge in [-0.25, -0.2) is 0 Å². The predicted octanol–water partition coefficient (Wildman–Crippen LogP) is 1.98. The van der Waals surface area contributed by atoms with Gasteiger partial charge in [-0.2, -0.15) is 0 Å². The van der Waals surface area contributed by atoms with Crippen LogP contribution < -0.4 is 10.6 Å². The van der Waals surface area contributed by atoms with Crippen LogP contribution in [0.4, 0.5) is 5.69 Å². The Hall–Kier alpha value is -0.770. The van der Waals surface area contributed by atoms with Gasteiger partial charge < -0.3 is 15.5 Å². The molecule has 1 heterocycles. The van der Waals surface area contributed by atoms with Crippen molar-refractivity contribution in [2.24, 2.45) is 5.73 Å². The fourth-order valence-corrected chi connectivity index (χ4v) is 2.72. The molecule has 1 aromatic rings. The minimum absolute atomic E-state index is 0.669. The summed E-state index contributed by atoms with van der Waals surface area (Å²) in [5.41, 5.74) is 8.26. The van der Waals surface area contributed by atoms with Gasteiger partial charge in [0.15, 0.2) is 0 Å². The van der Waals surface area contributed by atoms with Crippen LogP contribution in [0.15, 0.2) is 18.2 Å². The van der Waals surface area contributed by atoms with E-state index >= 15 is 0 Å². The molecule has 0 saturated carbocycles. The summed E-state index contributed by atoms with van der Waals surface area (Å²) in [6, 6.07) is 6.16. The van der Waals surface area contributed by atoms with E-state index in [0.29, 0.717) is 6.54 Å². The van der Waals surface area contributed by atoms with Gasteiger partial charge in [0, 0.05) is 36.9 Å². The van der Waals surface area contributed by atoms with Gasteiger partial charge in [0.1, 0.15) is 0 Å². The Kier molecular flexibility index (Phi) is 4.87. The van der Waals surface area contributed by atoms with Crippen molar-refractivity contribution in [3.05, 3.63) is 28.8 Å². The van der Waals surface area contributed by atoms with E-state index in [1.165, 1.54) is 11.3 Å². The number of hydrogen-bond acceptors (Lipinski definition) is 3. The number of nitrogens with zero attached hydrogens (tertiary/aromatic N) is 2. The van der Waals surface area contributed by atoms with E-state index in [2.05, 4.69) is 28.9 Å². The van der Waals surface area contributed by atoms with E-state index in [1.807, 2.05) is 6.07 Å². The highest BCUT2D eigenvalue weighted by atomic mass is 35.5. The van der Waals surface area contributed by atoms with Gasteiger partial charge >= 0.3 is 0 Å². The highest BCUT2D eigenvalue weighted by Gasteiger charge is 2.17. The zero-order valence-electron chi connectivity index (χ0n) is 11.0. The van der Waals surface area contributed by atoms with Gasteiger partial charge in [0.2, 0.25) is 0 Å². The molecule has 0 bridgehead atoms. The van der Waals surface area contributed by atoms with E-state index in [9.17, 15) is 0 Å². The molecule has 1 aliphatic heterocycles. The normalized spacial score (nSPS) is 17.2. The summed E-state index contributed by atoms with van der Waals surface area (Å²) in [6.45, 7) is 8.49. The van der Waals surface area contributed by atoms with Crippen LogP contribution in [-0.4, -0.2) is 44.2 Å². The van der Waals surface area contributed by atoms with Crippen molar-refractivity contribution < 1.29 is 0 Å². The van der Waals surface area contributed by atoms with E-state index < -0.39 is 0 Å². The van der Waals surface area contributed by atoms with Crippen LogP contribution in [0.1, 0.15) is 12.5 Å². The van der Waals surface area contributed by atoms with Crippen molar-refractivity contribution in [3.8, 4) is 0 Å². The number of rotatable bonds is 4. The van der Waals surface area contributed by atoms with Gasteiger partial charge in [-0.15, -0.1) is 0 Å². The topological polar surface area (TPSA) is 32.5 Å². The second kappa shape index (κ2) is 6.41. The molecule has 0 amide bonds. The molecule has 3 nitrogen and oxygen atoms in total. The van der Waals surface area contributed by atoms with Crippen molar-refractivity contribution in [3.63, 3.8) is 0 Å². The first kappa shape index (κ1) is 13.7. The average molecular weight is 268 g/mol. The van der Waals surface area contributed by atoms with Crippen LogP contribution in [0.3, 0.4) is 0 Å². The number of halogens is 1. The Balaban J connectivity index is 2.13. The van der Waals surface area contributed by atoms with Crippen molar-refractivity contribution >= 4 is 17.3 Å². The smallest absolute Gasteiger partial charge is 0.0410 e. The molecule has 0 unspecified atom stereocenters. The summed E-state index contributed by atoms with van der Waals surface area (Å²) in [6.07, 6.45) is 0.893. The molecule has 1 fully saturated rings. The molecule has 0 spiro atoms. The van der Waals surface area contributed by atoms with Crippen LogP contribution in [0, 0.1) is 0 Å². The van der Waals surface area contributed by atoms with Gasteiger partial charge in [0.25, 0.3) is 0 Å². The molecular weight excluding hydrogens is 246 g/mol. The summed E-state index contributed by atoms with van der Waals surface area (Å²) in [5, 5.41) is 0.800. The van der Waals surface area contributed by atoms with Crippen molar-refractivity contribution in [2.45, 2.75) is 13.3 Å². The maximum atomic E-state index is 6.07. The lowest BCUT2D eigenvalue weighted by Gasteiger charge is -2.36. The summed E-state index contributed by atoms with van der Waals surface area (Å²) in [4.78, 5) is 4.93. The van der Waals surface area contributed by atoms with Crippen LogP contribution >= 0.6 is 11.6 Å². The molecule has 1 aliphatic rings. The molecule has 1 aromatic carbocycles. The molecule has 2 N–H and O–H groups in total. The van der Waals surface area contributed by atoms with Crippen LogP contribution in [0.25, 0.3) is 0 Å². The van der Waals surface area contributed by atoms with Gasteiger partial charge in [-0.1, -0.05) is 18.5 Å².